The van der Waals surface area contributed by atoms with Crippen molar-refractivity contribution in [1.82, 2.24) is 24.3 Å². The van der Waals surface area contributed by atoms with Gasteiger partial charge in [-0.1, -0.05) is 6.07 Å². The molecule has 1 aromatic carbocycles. The van der Waals surface area contributed by atoms with Crippen LogP contribution in [0.15, 0.2) is 48.8 Å². The zero-order valence-corrected chi connectivity index (χ0v) is 18.0. The molecule has 3 heterocycles. The predicted molar refractivity (Wildman–Crippen MR) is 120 cm³/mol. The van der Waals surface area contributed by atoms with Crippen molar-refractivity contribution in [3.63, 3.8) is 0 Å². The fourth-order valence-corrected chi connectivity index (χ4v) is 3.76. The van der Waals surface area contributed by atoms with Gasteiger partial charge in [-0.15, -0.1) is 0 Å². The van der Waals surface area contributed by atoms with Crippen LogP contribution in [0.2, 0.25) is 0 Å². The fraction of sp³-hybridized carbons (Fsp3) is 0.348. The molecule has 0 fully saturated rings. The third kappa shape index (κ3) is 3.75. The fourth-order valence-electron chi connectivity index (χ4n) is 3.76. The van der Waals surface area contributed by atoms with E-state index < -0.39 is 0 Å². The second-order valence-electron chi connectivity index (χ2n) is 7.14. The van der Waals surface area contributed by atoms with Crippen LogP contribution in [0.5, 0.6) is 5.75 Å². The van der Waals surface area contributed by atoms with Gasteiger partial charge in [-0.2, -0.15) is 5.10 Å². The minimum Gasteiger partial charge on any atom is -0.492 e. The van der Waals surface area contributed by atoms with Gasteiger partial charge in [0.25, 0.3) is 0 Å². The van der Waals surface area contributed by atoms with Crippen molar-refractivity contribution in [2.24, 2.45) is 7.05 Å². The highest BCUT2D eigenvalue weighted by atomic mass is 16.5. The number of hydrogen-bond acceptors (Lipinski definition) is 5. The highest BCUT2D eigenvalue weighted by molar-refractivity contribution is 5.86. The van der Waals surface area contributed by atoms with Crippen molar-refractivity contribution in [2.75, 3.05) is 24.6 Å². The van der Waals surface area contributed by atoms with Crippen LogP contribution in [-0.4, -0.2) is 44.0 Å². The zero-order chi connectivity index (χ0) is 21.1. The Morgan fingerprint density at radius 1 is 1.03 bits per heavy atom. The zero-order valence-electron chi connectivity index (χ0n) is 18.0. The minimum atomic E-state index is 0.601. The lowest BCUT2D eigenvalue weighted by Gasteiger charge is -2.19. The maximum atomic E-state index is 5.92. The molecule has 0 saturated heterocycles. The molecule has 0 aliphatic rings. The van der Waals surface area contributed by atoms with E-state index in [2.05, 4.69) is 40.5 Å². The summed E-state index contributed by atoms with van der Waals surface area (Å²) in [7, 11) is 1.93. The van der Waals surface area contributed by atoms with Gasteiger partial charge < -0.3 is 14.2 Å². The molecule has 0 bridgehead atoms. The summed E-state index contributed by atoms with van der Waals surface area (Å²) in [6, 6.07) is 12.2. The molecule has 4 rings (SSSR count). The summed E-state index contributed by atoms with van der Waals surface area (Å²) in [5, 5.41) is 4.57. The molecular weight excluding hydrogens is 376 g/mol. The normalized spacial score (nSPS) is 11.2. The Morgan fingerprint density at radius 3 is 2.50 bits per heavy atom. The molecule has 0 spiro atoms. The number of pyridine rings is 1. The van der Waals surface area contributed by atoms with Crippen molar-refractivity contribution in [3.8, 4) is 17.1 Å². The molecule has 0 aliphatic heterocycles. The number of nitrogens with zero attached hydrogens (tertiary/aromatic N) is 6. The first-order valence-corrected chi connectivity index (χ1v) is 10.5. The summed E-state index contributed by atoms with van der Waals surface area (Å²) in [4.78, 5) is 11.9. The largest absolute Gasteiger partial charge is 0.492 e. The number of anilines is 1. The summed E-state index contributed by atoms with van der Waals surface area (Å²) >= 11 is 0. The van der Waals surface area contributed by atoms with Gasteiger partial charge >= 0.3 is 0 Å². The van der Waals surface area contributed by atoms with E-state index in [1.54, 1.807) is 0 Å². The summed E-state index contributed by atoms with van der Waals surface area (Å²) < 4.78 is 9.92. The Labute approximate surface area is 176 Å². The van der Waals surface area contributed by atoms with Crippen LogP contribution in [0, 0.1) is 0 Å². The molecule has 0 amide bonds. The second kappa shape index (κ2) is 8.57. The van der Waals surface area contributed by atoms with Crippen LogP contribution in [0.1, 0.15) is 26.5 Å². The molecule has 0 atom stereocenters. The maximum Gasteiger partial charge on any atom is 0.145 e. The van der Waals surface area contributed by atoms with E-state index in [4.69, 9.17) is 14.7 Å². The molecule has 4 aromatic rings. The molecule has 0 radical (unpaired) electrons. The molecule has 0 N–H and O–H groups in total. The highest BCUT2D eigenvalue weighted by Gasteiger charge is 2.18. The van der Waals surface area contributed by atoms with Crippen LogP contribution in [0.4, 0.5) is 5.82 Å². The van der Waals surface area contributed by atoms with E-state index in [1.807, 2.05) is 55.3 Å². The first-order chi connectivity index (χ1) is 14.6. The molecule has 0 saturated carbocycles. The molecular formula is C23H28N6O. The van der Waals surface area contributed by atoms with Crippen LogP contribution in [-0.2, 0) is 13.6 Å². The number of ether oxygens (including phenoxy) is 1. The third-order valence-electron chi connectivity index (χ3n) is 5.21. The van der Waals surface area contributed by atoms with Crippen LogP contribution in [0.3, 0.4) is 0 Å². The third-order valence-corrected chi connectivity index (χ3v) is 5.21. The molecule has 30 heavy (non-hydrogen) atoms. The first kappa shape index (κ1) is 19.9. The number of benzene rings is 1. The van der Waals surface area contributed by atoms with Gasteiger partial charge in [0.2, 0.25) is 0 Å². The predicted octanol–water partition coefficient (Wildman–Crippen LogP) is 4.13. The number of hydrogen-bond donors (Lipinski definition) is 0. The van der Waals surface area contributed by atoms with Gasteiger partial charge in [0.05, 0.1) is 24.4 Å². The van der Waals surface area contributed by atoms with Gasteiger partial charge in [0.15, 0.2) is 0 Å². The Hall–Kier alpha value is -3.35. The van der Waals surface area contributed by atoms with Crippen LogP contribution >= 0.6 is 0 Å². The van der Waals surface area contributed by atoms with E-state index >= 15 is 0 Å². The topological polar surface area (TPSA) is 61.0 Å². The second-order valence-corrected chi connectivity index (χ2v) is 7.14. The monoisotopic (exact) mass is 404 g/mol. The van der Waals surface area contributed by atoms with E-state index in [0.29, 0.717) is 13.2 Å². The number of aryl methyl sites for hydroxylation is 1. The highest BCUT2D eigenvalue weighted by Crippen LogP contribution is 2.32. The average molecular weight is 405 g/mol. The van der Waals surface area contributed by atoms with Crippen molar-refractivity contribution in [1.29, 1.82) is 0 Å². The van der Waals surface area contributed by atoms with Gasteiger partial charge in [0.1, 0.15) is 22.9 Å². The van der Waals surface area contributed by atoms with Gasteiger partial charge in [-0.05, 0) is 51.1 Å². The molecule has 7 nitrogen and oxygen atoms in total. The Morgan fingerprint density at radius 2 is 1.87 bits per heavy atom. The van der Waals surface area contributed by atoms with E-state index in [9.17, 15) is 0 Å². The van der Waals surface area contributed by atoms with E-state index in [0.717, 1.165) is 52.8 Å². The van der Waals surface area contributed by atoms with Crippen molar-refractivity contribution in [3.05, 3.63) is 54.5 Å². The minimum absolute atomic E-state index is 0.601. The van der Waals surface area contributed by atoms with E-state index in [-0.39, 0.29) is 0 Å². The van der Waals surface area contributed by atoms with Crippen LogP contribution in [0.25, 0.3) is 22.4 Å². The van der Waals surface area contributed by atoms with Crippen molar-refractivity contribution >= 4 is 16.9 Å². The van der Waals surface area contributed by atoms with Crippen molar-refractivity contribution < 1.29 is 4.74 Å². The quantitative estimate of drug-likeness (QED) is 0.442. The standard InChI is InChI=1S/C23H28N6O/c1-5-28(6-2)21-12-11-17(15-24-21)23-25-19-9-8-10-20(30-7-3)22(19)29(23)16-18-13-14-27(4)26-18/h8-15H,5-7,16H2,1-4H3. The summed E-state index contributed by atoms with van der Waals surface area (Å²) in [6.45, 7) is 9.34. The Bertz CT molecular complexity index is 1120. The molecule has 0 unspecified atom stereocenters. The lowest BCUT2D eigenvalue weighted by Crippen LogP contribution is -2.22. The smallest absolute Gasteiger partial charge is 0.145 e. The maximum absolute atomic E-state index is 5.92. The number of rotatable bonds is 8. The molecule has 7 heteroatoms. The molecule has 156 valence electrons. The summed E-state index contributed by atoms with van der Waals surface area (Å²) in [5.74, 6) is 2.67. The molecule has 3 aromatic heterocycles. The molecule has 0 aliphatic carbocycles. The lowest BCUT2D eigenvalue weighted by atomic mass is 10.2. The van der Waals surface area contributed by atoms with Gasteiger partial charge in [-0.3, -0.25) is 4.68 Å². The number of aromatic nitrogens is 5. The summed E-state index contributed by atoms with van der Waals surface area (Å²) in [5.41, 5.74) is 3.82. The average Bonchev–Trinajstić information content (AvgIpc) is 3.34. The van der Waals surface area contributed by atoms with Gasteiger partial charge in [0, 0.05) is 38.1 Å². The number of para-hydroxylation sites is 1. The Kier molecular flexibility index (Phi) is 5.70. The lowest BCUT2D eigenvalue weighted by molar-refractivity contribution is 0.343. The number of fused-ring (bicyclic) bond motifs is 1. The SMILES string of the molecule is CCOc1cccc2nc(-c3ccc(N(CC)CC)nc3)n(Cc3ccn(C)n3)c12. The van der Waals surface area contributed by atoms with Gasteiger partial charge in [-0.25, -0.2) is 9.97 Å². The Balaban J connectivity index is 1.84. The van der Waals surface area contributed by atoms with Crippen LogP contribution < -0.4 is 9.64 Å². The summed E-state index contributed by atoms with van der Waals surface area (Å²) in [6.07, 6.45) is 3.86. The number of imidazole rings is 1. The van der Waals surface area contributed by atoms with E-state index in [1.165, 1.54) is 0 Å². The first-order valence-electron chi connectivity index (χ1n) is 10.5. The van der Waals surface area contributed by atoms with Crippen molar-refractivity contribution in [2.45, 2.75) is 27.3 Å².